The molecule has 7 nitrogen and oxygen atoms in total. The smallest absolute Gasteiger partial charge is 0.225 e. The zero-order valence-corrected chi connectivity index (χ0v) is 17.4. The van der Waals surface area contributed by atoms with Crippen LogP contribution in [0.25, 0.3) is 10.9 Å². The van der Waals surface area contributed by atoms with Crippen molar-refractivity contribution in [2.24, 2.45) is 5.92 Å². The van der Waals surface area contributed by atoms with Crippen molar-refractivity contribution in [2.75, 3.05) is 26.8 Å². The number of amides is 2. The van der Waals surface area contributed by atoms with Crippen molar-refractivity contribution in [2.45, 2.75) is 44.2 Å². The molecule has 1 saturated heterocycles. The van der Waals surface area contributed by atoms with Crippen molar-refractivity contribution in [3.8, 4) is 5.75 Å². The predicted molar refractivity (Wildman–Crippen MR) is 113 cm³/mol. The van der Waals surface area contributed by atoms with Crippen molar-refractivity contribution in [3.05, 3.63) is 36.5 Å². The Morgan fingerprint density at radius 2 is 2.07 bits per heavy atom. The minimum absolute atomic E-state index is 0.00494. The number of nitrogens with zero attached hydrogens (tertiary/aromatic N) is 2. The molecule has 1 unspecified atom stereocenters. The maximum absolute atomic E-state index is 12.6. The molecular weight excluding hydrogens is 382 g/mol. The number of pyridine rings is 1. The summed E-state index contributed by atoms with van der Waals surface area (Å²) in [7, 11) is 1.61. The number of carbonyl (C=O) groups excluding carboxylic acids is 2. The number of hydrogen-bond donors (Lipinski definition) is 1. The summed E-state index contributed by atoms with van der Waals surface area (Å²) in [5, 5.41) is 4.22. The highest BCUT2D eigenvalue weighted by Gasteiger charge is 2.35. The van der Waals surface area contributed by atoms with Gasteiger partial charge in [-0.25, -0.2) is 0 Å². The molecule has 160 valence electrons. The summed E-state index contributed by atoms with van der Waals surface area (Å²) in [5.41, 5.74) is 0.961. The van der Waals surface area contributed by atoms with Gasteiger partial charge in [-0.3, -0.25) is 14.6 Å². The molecule has 30 heavy (non-hydrogen) atoms. The van der Waals surface area contributed by atoms with E-state index in [1.165, 1.54) is 0 Å². The average Bonchev–Trinajstić information content (AvgIpc) is 3.14. The summed E-state index contributed by atoms with van der Waals surface area (Å²) in [6.07, 6.45) is 5.82. The minimum Gasteiger partial charge on any atom is -0.490 e. The molecular formula is C23H29N3O4. The van der Waals surface area contributed by atoms with E-state index in [1.54, 1.807) is 18.2 Å². The van der Waals surface area contributed by atoms with E-state index in [4.69, 9.17) is 9.47 Å². The maximum Gasteiger partial charge on any atom is 0.225 e. The van der Waals surface area contributed by atoms with Gasteiger partial charge in [-0.1, -0.05) is 6.07 Å². The molecule has 2 aromatic rings. The second-order valence-electron chi connectivity index (χ2n) is 8.19. The first-order chi connectivity index (χ1) is 14.6. The number of benzene rings is 1. The summed E-state index contributed by atoms with van der Waals surface area (Å²) in [6, 6.07) is 10.1. The predicted octanol–water partition coefficient (Wildman–Crippen LogP) is 2.54. The van der Waals surface area contributed by atoms with Gasteiger partial charge in [0.15, 0.2) is 0 Å². The number of rotatable bonds is 7. The lowest BCUT2D eigenvalue weighted by atomic mass is 9.92. The molecule has 2 heterocycles. The van der Waals surface area contributed by atoms with E-state index < -0.39 is 0 Å². The zero-order valence-electron chi connectivity index (χ0n) is 17.4. The normalized spacial score (nSPS) is 24.2. The molecule has 0 bridgehead atoms. The molecule has 0 radical (unpaired) electrons. The van der Waals surface area contributed by atoms with E-state index >= 15 is 0 Å². The standard InChI is InChI=1S/C23H29N3O4/c1-29-12-11-26-15-17(14-22(26)27)23(28)25-18-4-6-19(7-5-18)30-20-8-9-21-16(13-20)3-2-10-24-21/h2-3,8-10,13,17-19H,4-7,11-12,14-15H2,1H3,(H,25,28). The highest BCUT2D eigenvalue weighted by molar-refractivity contribution is 5.89. The van der Waals surface area contributed by atoms with Crippen LogP contribution in [0.15, 0.2) is 36.5 Å². The van der Waals surface area contributed by atoms with Crippen molar-refractivity contribution in [1.82, 2.24) is 15.2 Å². The SMILES string of the molecule is COCCN1CC(C(=O)NC2CCC(Oc3ccc4ncccc4c3)CC2)CC1=O. The fourth-order valence-corrected chi connectivity index (χ4v) is 4.33. The number of nitrogens with one attached hydrogen (secondary N) is 1. The molecule has 1 aliphatic carbocycles. The fraction of sp³-hybridized carbons (Fsp3) is 0.522. The van der Waals surface area contributed by atoms with Gasteiger partial charge in [0, 0.05) is 44.2 Å². The topological polar surface area (TPSA) is 80.8 Å². The van der Waals surface area contributed by atoms with Gasteiger partial charge in [0.05, 0.1) is 24.1 Å². The van der Waals surface area contributed by atoms with Gasteiger partial charge in [-0.05, 0) is 49.9 Å². The quantitative estimate of drug-likeness (QED) is 0.757. The van der Waals surface area contributed by atoms with Gasteiger partial charge < -0.3 is 19.7 Å². The number of hydrogen-bond acceptors (Lipinski definition) is 5. The summed E-state index contributed by atoms with van der Waals surface area (Å²) in [6.45, 7) is 1.54. The number of carbonyl (C=O) groups is 2. The lowest BCUT2D eigenvalue weighted by molar-refractivity contribution is -0.129. The van der Waals surface area contributed by atoms with Gasteiger partial charge in [-0.15, -0.1) is 0 Å². The van der Waals surface area contributed by atoms with Gasteiger partial charge in [0.1, 0.15) is 5.75 Å². The molecule has 2 amide bonds. The summed E-state index contributed by atoms with van der Waals surface area (Å²) < 4.78 is 11.2. The molecule has 1 aromatic carbocycles. The van der Waals surface area contributed by atoms with Crippen LogP contribution in [0.2, 0.25) is 0 Å². The number of ether oxygens (including phenoxy) is 2. The van der Waals surface area contributed by atoms with Crippen molar-refractivity contribution >= 4 is 22.7 Å². The van der Waals surface area contributed by atoms with Crippen LogP contribution in [0, 0.1) is 5.92 Å². The van der Waals surface area contributed by atoms with E-state index in [0.717, 1.165) is 42.3 Å². The number of likely N-dealkylation sites (tertiary alicyclic amines) is 1. The Kier molecular flexibility index (Phi) is 6.47. The number of aromatic nitrogens is 1. The van der Waals surface area contributed by atoms with E-state index in [-0.39, 0.29) is 29.9 Å². The molecule has 1 N–H and O–H groups in total. The monoisotopic (exact) mass is 411 g/mol. The van der Waals surface area contributed by atoms with Gasteiger partial charge in [0.2, 0.25) is 11.8 Å². The molecule has 4 rings (SSSR count). The molecule has 0 spiro atoms. The molecule has 1 aromatic heterocycles. The van der Waals surface area contributed by atoms with Crippen LogP contribution < -0.4 is 10.1 Å². The van der Waals surface area contributed by atoms with Crippen LogP contribution in [0.1, 0.15) is 32.1 Å². The van der Waals surface area contributed by atoms with Crippen LogP contribution in [-0.2, 0) is 14.3 Å². The lowest BCUT2D eigenvalue weighted by Crippen LogP contribution is -2.43. The van der Waals surface area contributed by atoms with Crippen LogP contribution in [0.4, 0.5) is 0 Å². The Labute approximate surface area is 176 Å². The largest absolute Gasteiger partial charge is 0.490 e. The third-order valence-corrected chi connectivity index (χ3v) is 6.05. The van der Waals surface area contributed by atoms with Gasteiger partial charge >= 0.3 is 0 Å². The molecule has 2 fully saturated rings. The second kappa shape index (κ2) is 9.43. The van der Waals surface area contributed by atoms with Crippen LogP contribution >= 0.6 is 0 Å². The molecule has 2 aliphatic rings. The first-order valence-electron chi connectivity index (χ1n) is 10.7. The molecule has 1 atom stereocenters. The third-order valence-electron chi connectivity index (χ3n) is 6.05. The third kappa shape index (κ3) is 4.90. The van der Waals surface area contributed by atoms with Crippen molar-refractivity contribution in [3.63, 3.8) is 0 Å². The van der Waals surface area contributed by atoms with Crippen molar-refractivity contribution < 1.29 is 19.1 Å². The lowest BCUT2D eigenvalue weighted by Gasteiger charge is -2.30. The summed E-state index contributed by atoms with van der Waals surface area (Å²) >= 11 is 0. The second-order valence-corrected chi connectivity index (χ2v) is 8.19. The Hall–Kier alpha value is -2.67. The van der Waals surface area contributed by atoms with E-state index in [1.807, 2.05) is 30.3 Å². The van der Waals surface area contributed by atoms with Gasteiger partial charge in [0.25, 0.3) is 0 Å². The van der Waals surface area contributed by atoms with Crippen molar-refractivity contribution in [1.29, 1.82) is 0 Å². The Balaban J connectivity index is 1.23. The Bertz CT molecular complexity index is 895. The van der Waals surface area contributed by atoms with Crippen LogP contribution in [-0.4, -0.2) is 60.7 Å². The minimum atomic E-state index is -0.255. The highest BCUT2D eigenvalue weighted by Crippen LogP contribution is 2.27. The van der Waals surface area contributed by atoms with Gasteiger partial charge in [-0.2, -0.15) is 0 Å². The first kappa shape index (κ1) is 20.6. The van der Waals surface area contributed by atoms with E-state index in [0.29, 0.717) is 26.1 Å². The molecule has 7 heteroatoms. The highest BCUT2D eigenvalue weighted by atomic mass is 16.5. The Morgan fingerprint density at radius 1 is 1.23 bits per heavy atom. The first-order valence-corrected chi connectivity index (χ1v) is 10.7. The Morgan fingerprint density at radius 3 is 2.87 bits per heavy atom. The number of fused-ring (bicyclic) bond motifs is 1. The van der Waals surface area contributed by atoms with Crippen LogP contribution in [0.5, 0.6) is 5.75 Å². The zero-order chi connectivity index (χ0) is 20.9. The maximum atomic E-state index is 12.6. The summed E-state index contributed by atoms with van der Waals surface area (Å²) in [5.74, 6) is 0.641. The van der Waals surface area contributed by atoms with Crippen LogP contribution in [0.3, 0.4) is 0 Å². The average molecular weight is 412 g/mol. The van der Waals surface area contributed by atoms with E-state index in [9.17, 15) is 9.59 Å². The number of methoxy groups -OCH3 is 1. The fourth-order valence-electron chi connectivity index (χ4n) is 4.33. The summed E-state index contributed by atoms with van der Waals surface area (Å²) in [4.78, 5) is 30.7. The molecule has 1 aliphatic heterocycles. The molecule has 1 saturated carbocycles. The van der Waals surface area contributed by atoms with E-state index in [2.05, 4.69) is 10.3 Å².